The van der Waals surface area contributed by atoms with Crippen LogP contribution in [0.2, 0.25) is 0 Å². The first-order chi connectivity index (χ1) is 13.3. The van der Waals surface area contributed by atoms with Crippen LogP contribution in [0.25, 0.3) is 16.7 Å². The molecule has 0 atom stereocenters. The zero-order valence-corrected chi connectivity index (χ0v) is 17.9. The Morgan fingerprint density at radius 2 is 0.929 bits per heavy atom. The molecule has 3 heteroatoms. The standard InChI is InChI=1S/C17H16O.C8H7BrO/c1-12(2)14-4-8-16(9-5-14)17-10-6-15(7-11-17)13(3)18;1-6(10)7-2-4-8(9)5-3-7/h4-11H,1H2,2-3H3;2-5H,1H3. The molecule has 0 N–H and O–H groups in total. The highest BCUT2D eigenvalue weighted by molar-refractivity contribution is 9.10. The lowest BCUT2D eigenvalue weighted by molar-refractivity contribution is 0.100. The Labute approximate surface area is 175 Å². The van der Waals surface area contributed by atoms with Crippen LogP contribution < -0.4 is 0 Å². The predicted octanol–water partition coefficient (Wildman–Crippen LogP) is 7.24. The van der Waals surface area contributed by atoms with Gasteiger partial charge in [-0.25, -0.2) is 0 Å². The van der Waals surface area contributed by atoms with E-state index >= 15 is 0 Å². The number of hydrogen-bond donors (Lipinski definition) is 0. The van der Waals surface area contributed by atoms with Gasteiger partial charge in [0.2, 0.25) is 0 Å². The molecule has 0 fully saturated rings. The molecule has 0 saturated carbocycles. The zero-order chi connectivity index (χ0) is 20.7. The van der Waals surface area contributed by atoms with Crippen LogP contribution in [0.4, 0.5) is 0 Å². The molecular weight excluding hydrogens is 412 g/mol. The Kier molecular flexibility index (Phi) is 7.65. The number of benzene rings is 3. The zero-order valence-electron chi connectivity index (χ0n) is 16.3. The van der Waals surface area contributed by atoms with E-state index in [0.29, 0.717) is 0 Å². The van der Waals surface area contributed by atoms with Crippen LogP contribution in [-0.2, 0) is 0 Å². The maximum atomic E-state index is 11.2. The molecule has 3 aromatic rings. The van der Waals surface area contributed by atoms with Crippen molar-refractivity contribution >= 4 is 33.1 Å². The van der Waals surface area contributed by atoms with E-state index in [1.165, 1.54) is 0 Å². The summed E-state index contributed by atoms with van der Waals surface area (Å²) in [6.45, 7) is 9.06. The number of rotatable bonds is 4. The van der Waals surface area contributed by atoms with E-state index in [4.69, 9.17) is 0 Å². The number of hydrogen-bond acceptors (Lipinski definition) is 2. The number of allylic oxidation sites excluding steroid dienone is 1. The second kappa shape index (κ2) is 9.95. The van der Waals surface area contributed by atoms with E-state index in [-0.39, 0.29) is 11.6 Å². The quantitative estimate of drug-likeness (QED) is 0.405. The molecule has 0 amide bonds. The maximum absolute atomic E-state index is 11.2. The van der Waals surface area contributed by atoms with E-state index in [2.05, 4.69) is 46.8 Å². The van der Waals surface area contributed by atoms with Crippen molar-refractivity contribution in [1.82, 2.24) is 0 Å². The average molecular weight is 435 g/mol. The first-order valence-electron chi connectivity index (χ1n) is 8.91. The number of halogens is 1. The van der Waals surface area contributed by atoms with Crippen molar-refractivity contribution in [2.45, 2.75) is 20.8 Å². The lowest BCUT2D eigenvalue weighted by Crippen LogP contribution is -1.90. The predicted molar refractivity (Wildman–Crippen MR) is 121 cm³/mol. The Hall–Kier alpha value is -2.78. The van der Waals surface area contributed by atoms with Crippen LogP contribution in [0.3, 0.4) is 0 Å². The molecule has 0 aliphatic rings. The largest absolute Gasteiger partial charge is 0.295 e. The fourth-order valence-electron chi connectivity index (χ4n) is 2.53. The van der Waals surface area contributed by atoms with Gasteiger partial charge in [0.15, 0.2) is 11.6 Å². The summed E-state index contributed by atoms with van der Waals surface area (Å²) in [7, 11) is 0. The van der Waals surface area contributed by atoms with Gasteiger partial charge in [-0.05, 0) is 49.6 Å². The average Bonchev–Trinajstić information content (AvgIpc) is 2.69. The summed E-state index contributed by atoms with van der Waals surface area (Å²) < 4.78 is 0.998. The van der Waals surface area contributed by atoms with Crippen LogP contribution in [-0.4, -0.2) is 11.6 Å². The summed E-state index contributed by atoms with van der Waals surface area (Å²) in [6, 6.07) is 23.3. The molecule has 0 aromatic heterocycles. The summed E-state index contributed by atoms with van der Waals surface area (Å²) in [5, 5.41) is 0. The van der Waals surface area contributed by atoms with Gasteiger partial charge in [-0.2, -0.15) is 0 Å². The molecule has 0 unspecified atom stereocenters. The van der Waals surface area contributed by atoms with E-state index in [0.717, 1.165) is 37.9 Å². The monoisotopic (exact) mass is 434 g/mol. The van der Waals surface area contributed by atoms with E-state index in [1.807, 2.05) is 43.3 Å². The summed E-state index contributed by atoms with van der Waals surface area (Å²) >= 11 is 3.28. The van der Waals surface area contributed by atoms with E-state index in [1.54, 1.807) is 26.0 Å². The van der Waals surface area contributed by atoms with Crippen molar-refractivity contribution in [3.63, 3.8) is 0 Å². The smallest absolute Gasteiger partial charge is 0.159 e. The molecule has 0 saturated heterocycles. The summed E-state index contributed by atoms with van der Waals surface area (Å²) in [5.41, 5.74) is 5.98. The second-order valence-electron chi connectivity index (χ2n) is 6.55. The highest BCUT2D eigenvalue weighted by Gasteiger charge is 2.01. The minimum Gasteiger partial charge on any atom is -0.295 e. The number of carbonyl (C=O) groups is 2. The molecule has 2 nitrogen and oxygen atoms in total. The third-order valence-corrected chi connectivity index (χ3v) is 4.78. The maximum Gasteiger partial charge on any atom is 0.159 e. The van der Waals surface area contributed by atoms with Gasteiger partial charge in [-0.3, -0.25) is 9.59 Å². The third kappa shape index (κ3) is 6.14. The fraction of sp³-hybridized carbons (Fsp3) is 0.120. The molecule has 28 heavy (non-hydrogen) atoms. The molecule has 0 aliphatic heterocycles. The fourth-order valence-corrected chi connectivity index (χ4v) is 2.79. The number of carbonyl (C=O) groups excluding carboxylic acids is 2. The topological polar surface area (TPSA) is 34.1 Å². The van der Waals surface area contributed by atoms with Gasteiger partial charge in [0.25, 0.3) is 0 Å². The summed E-state index contributed by atoms with van der Waals surface area (Å²) in [6.07, 6.45) is 0. The Balaban J connectivity index is 0.000000237. The highest BCUT2D eigenvalue weighted by atomic mass is 79.9. The molecule has 0 aliphatic carbocycles. The van der Waals surface area contributed by atoms with E-state index < -0.39 is 0 Å². The second-order valence-corrected chi connectivity index (χ2v) is 7.47. The van der Waals surface area contributed by atoms with Crippen molar-refractivity contribution in [2.24, 2.45) is 0 Å². The Morgan fingerprint density at radius 1 is 0.607 bits per heavy atom. The SMILES string of the molecule is C=C(C)c1ccc(-c2ccc(C(C)=O)cc2)cc1.CC(=O)c1ccc(Br)cc1. The summed E-state index contributed by atoms with van der Waals surface area (Å²) in [4.78, 5) is 21.9. The van der Waals surface area contributed by atoms with Gasteiger partial charge >= 0.3 is 0 Å². The summed E-state index contributed by atoms with van der Waals surface area (Å²) in [5.74, 6) is 0.201. The molecule has 0 radical (unpaired) electrons. The van der Waals surface area contributed by atoms with Gasteiger partial charge in [-0.15, -0.1) is 0 Å². The Bertz CT molecular complexity index is 911. The first-order valence-corrected chi connectivity index (χ1v) is 9.71. The molecule has 0 spiro atoms. The van der Waals surface area contributed by atoms with Gasteiger partial charge in [-0.1, -0.05) is 88.7 Å². The van der Waals surface area contributed by atoms with Gasteiger partial charge in [0.05, 0.1) is 0 Å². The molecule has 3 aromatic carbocycles. The molecular formula is C25H23BrO2. The van der Waals surface area contributed by atoms with Crippen LogP contribution in [0, 0.1) is 0 Å². The number of ketones is 2. The van der Waals surface area contributed by atoms with Crippen molar-refractivity contribution in [2.75, 3.05) is 0 Å². The van der Waals surface area contributed by atoms with Gasteiger partial charge < -0.3 is 0 Å². The number of Topliss-reactive ketones (excluding diaryl/α,β-unsaturated/α-hetero) is 2. The molecule has 0 heterocycles. The van der Waals surface area contributed by atoms with Gasteiger partial charge in [0, 0.05) is 15.6 Å². The van der Waals surface area contributed by atoms with Gasteiger partial charge in [0.1, 0.15) is 0 Å². The lowest BCUT2D eigenvalue weighted by atomic mass is 10.00. The normalized spacial score (nSPS) is 9.86. The minimum absolute atomic E-state index is 0.0965. The van der Waals surface area contributed by atoms with Crippen LogP contribution in [0.15, 0.2) is 83.8 Å². The molecule has 0 bridgehead atoms. The third-order valence-electron chi connectivity index (χ3n) is 4.25. The van der Waals surface area contributed by atoms with Crippen molar-refractivity contribution < 1.29 is 9.59 Å². The minimum atomic E-state index is 0.0965. The van der Waals surface area contributed by atoms with Crippen LogP contribution >= 0.6 is 15.9 Å². The Morgan fingerprint density at radius 3 is 1.25 bits per heavy atom. The first kappa shape index (κ1) is 21.5. The lowest BCUT2D eigenvalue weighted by Gasteiger charge is -2.05. The molecule has 3 rings (SSSR count). The van der Waals surface area contributed by atoms with Crippen molar-refractivity contribution in [3.05, 3.63) is 101 Å². The van der Waals surface area contributed by atoms with E-state index in [9.17, 15) is 9.59 Å². The van der Waals surface area contributed by atoms with Crippen molar-refractivity contribution in [3.8, 4) is 11.1 Å². The highest BCUT2D eigenvalue weighted by Crippen LogP contribution is 2.22. The van der Waals surface area contributed by atoms with Crippen LogP contribution in [0.5, 0.6) is 0 Å². The molecule has 142 valence electrons. The van der Waals surface area contributed by atoms with Crippen molar-refractivity contribution in [1.29, 1.82) is 0 Å². The van der Waals surface area contributed by atoms with Crippen LogP contribution in [0.1, 0.15) is 47.1 Å².